The maximum absolute atomic E-state index is 12.5. The van der Waals surface area contributed by atoms with E-state index in [0.717, 1.165) is 32.4 Å². The van der Waals surface area contributed by atoms with E-state index in [9.17, 15) is 9.59 Å². The fourth-order valence-corrected chi connectivity index (χ4v) is 3.88. The first kappa shape index (κ1) is 16.3. The van der Waals surface area contributed by atoms with Crippen molar-refractivity contribution in [3.63, 3.8) is 0 Å². The number of nitrogens with one attached hydrogen (secondary N) is 1. The molecule has 21 heavy (non-hydrogen) atoms. The van der Waals surface area contributed by atoms with Crippen LogP contribution in [0.25, 0.3) is 0 Å². The van der Waals surface area contributed by atoms with Crippen LogP contribution in [-0.2, 0) is 9.59 Å². The van der Waals surface area contributed by atoms with Crippen molar-refractivity contribution in [3.05, 3.63) is 0 Å². The Morgan fingerprint density at radius 1 is 1.38 bits per heavy atom. The Balaban J connectivity index is 1.83. The van der Waals surface area contributed by atoms with Gasteiger partial charge in [-0.2, -0.15) is 0 Å². The van der Waals surface area contributed by atoms with Crippen LogP contribution in [0, 0.1) is 17.3 Å². The molecule has 2 aliphatic heterocycles. The molecular weight excluding hydrogens is 264 g/mol. The third-order valence-corrected chi connectivity index (χ3v) is 4.66. The first-order chi connectivity index (χ1) is 9.74. The van der Waals surface area contributed by atoms with Crippen molar-refractivity contribution < 1.29 is 9.59 Å². The summed E-state index contributed by atoms with van der Waals surface area (Å²) in [4.78, 5) is 25.9. The van der Waals surface area contributed by atoms with Gasteiger partial charge in [0, 0.05) is 32.0 Å². The molecule has 2 amide bonds. The van der Waals surface area contributed by atoms with E-state index in [1.807, 2.05) is 4.90 Å². The lowest BCUT2D eigenvalue weighted by atomic mass is 9.83. The molecule has 2 rings (SSSR count). The van der Waals surface area contributed by atoms with Crippen LogP contribution >= 0.6 is 0 Å². The van der Waals surface area contributed by atoms with Crippen molar-refractivity contribution in [2.75, 3.05) is 13.1 Å². The van der Waals surface area contributed by atoms with E-state index in [1.54, 1.807) is 0 Å². The number of hydrogen-bond donors (Lipinski definition) is 1. The lowest BCUT2D eigenvalue weighted by molar-refractivity contribution is -0.135. The number of fused-ring (bicyclic) bond motifs is 1. The molecule has 1 N–H and O–H groups in total. The summed E-state index contributed by atoms with van der Waals surface area (Å²) in [5.74, 6) is 1.36. The molecule has 2 saturated heterocycles. The number of carbonyl (C=O) groups is 2. The number of carbonyl (C=O) groups excluding carboxylic acids is 2. The van der Waals surface area contributed by atoms with Gasteiger partial charge in [-0.1, -0.05) is 27.7 Å². The fraction of sp³-hybridized carbons (Fsp3) is 0.882. The van der Waals surface area contributed by atoms with Crippen LogP contribution < -0.4 is 5.32 Å². The summed E-state index contributed by atoms with van der Waals surface area (Å²) in [6, 6.07) is 0.294. The zero-order valence-corrected chi connectivity index (χ0v) is 13.9. The summed E-state index contributed by atoms with van der Waals surface area (Å²) in [7, 11) is 0. The van der Waals surface area contributed by atoms with Gasteiger partial charge in [-0.05, 0) is 36.5 Å². The average molecular weight is 294 g/mol. The highest BCUT2D eigenvalue weighted by atomic mass is 16.2. The second-order valence-corrected chi connectivity index (χ2v) is 8.18. The van der Waals surface area contributed by atoms with Crippen LogP contribution in [0.1, 0.15) is 59.8 Å². The quantitative estimate of drug-likeness (QED) is 0.869. The largest absolute Gasteiger partial charge is 0.353 e. The normalized spacial score (nSPS) is 27.8. The van der Waals surface area contributed by atoms with Crippen molar-refractivity contribution in [2.24, 2.45) is 17.3 Å². The van der Waals surface area contributed by atoms with Gasteiger partial charge in [-0.25, -0.2) is 0 Å². The van der Waals surface area contributed by atoms with Crippen molar-refractivity contribution in [1.82, 2.24) is 10.2 Å². The van der Waals surface area contributed by atoms with Crippen molar-refractivity contribution >= 4 is 11.8 Å². The third kappa shape index (κ3) is 4.72. The Kier molecular flexibility index (Phi) is 4.95. The van der Waals surface area contributed by atoms with Crippen LogP contribution in [0.15, 0.2) is 0 Å². The lowest BCUT2D eigenvalue weighted by Gasteiger charge is -2.41. The minimum atomic E-state index is 0.176. The van der Waals surface area contributed by atoms with E-state index < -0.39 is 0 Å². The van der Waals surface area contributed by atoms with Gasteiger partial charge in [0.2, 0.25) is 11.8 Å². The van der Waals surface area contributed by atoms with Crippen LogP contribution in [0.2, 0.25) is 0 Å². The van der Waals surface area contributed by atoms with Crippen molar-refractivity contribution in [1.29, 1.82) is 0 Å². The standard InChI is InChI=1S/C17H30N2O2/c1-12(10-17(2,3)4)9-16(21)19-8-7-14-13(11-19)5-6-15(20)18-14/h12-14H,5-11H2,1-4H3,(H,18,20). The van der Waals surface area contributed by atoms with Crippen molar-refractivity contribution in [2.45, 2.75) is 65.8 Å². The predicted octanol–water partition coefficient (Wildman–Crippen LogP) is 2.58. The number of amides is 2. The van der Waals surface area contributed by atoms with Crippen LogP contribution in [0.5, 0.6) is 0 Å². The van der Waals surface area contributed by atoms with Gasteiger partial charge in [0.05, 0.1) is 0 Å². The molecule has 0 aliphatic carbocycles. The lowest BCUT2D eigenvalue weighted by Crippen LogP contribution is -2.55. The maximum Gasteiger partial charge on any atom is 0.222 e. The Bertz CT molecular complexity index is 400. The smallest absolute Gasteiger partial charge is 0.222 e. The Morgan fingerprint density at radius 3 is 2.76 bits per heavy atom. The van der Waals surface area contributed by atoms with Gasteiger partial charge in [-0.15, -0.1) is 0 Å². The third-order valence-electron chi connectivity index (χ3n) is 4.66. The molecule has 0 aromatic carbocycles. The van der Waals surface area contributed by atoms with E-state index >= 15 is 0 Å². The second-order valence-electron chi connectivity index (χ2n) is 8.18. The molecule has 4 nitrogen and oxygen atoms in total. The fourth-order valence-electron chi connectivity index (χ4n) is 3.88. The van der Waals surface area contributed by atoms with Gasteiger partial charge >= 0.3 is 0 Å². The van der Waals surface area contributed by atoms with Crippen LogP contribution in [0.4, 0.5) is 0 Å². The van der Waals surface area contributed by atoms with Crippen LogP contribution in [-0.4, -0.2) is 35.8 Å². The molecule has 4 heteroatoms. The second kappa shape index (κ2) is 6.37. The molecule has 2 aliphatic rings. The molecule has 0 radical (unpaired) electrons. The molecule has 0 spiro atoms. The zero-order chi connectivity index (χ0) is 15.6. The maximum atomic E-state index is 12.5. The highest BCUT2D eigenvalue weighted by Gasteiger charge is 2.35. The summed E-state index contributed by atoms with van der Waals surface area (Å²) in [6.45, 7) is 10.5. The summed E-state index contributed by atoms with van der Waals surface area (Å²) < 4.78 is 0. The van der Waals surface area contributed by atoms with Gasteiger partial charge in [0.15, 0.2) is 0 Å². The first-order valence-corrected chi connectivity index (χ1v) is 8.32. The first-order valence-electron chi connectivity index (χ1n) is 8.32. The van der Waals surface area contributed by atoms with E-state index in [0.29, 0.717) is 36.6 Å². The number of piperidine rings is 2. The Hall–Kier alpha value is -1.06. The van der Waals surface area contributed by atoms with Crippen molar-refractivity contribution in [3.8, 4) is 0 Å². The number of nitrogens with zero attached hydrogens (tertiary/aromatic N) is 1. The highest BCUT2D eigenvalue weighted by molar-refractivity contribution is 5.78. The summed E-state index contributed by atoms with van der Waals surface area (Å²) in [6.07, 6.45) is 4.19. The van der Waals surface area contributed by atoms with Gasteiger partial charge < -0.3 is 10.2 Å². The highest BCUT2D eigenvalue weighted by Crippen LogP contribution is 2.29. The number of likely N-dealkylation sites (tertiary alicyclic amines) is 1. The van der Waals surface area contributed by atoms with E-state index in [4.69, 9.17) is 0 Å². The predicted molar refractivity (Wildman–Crippen MR) is 83.7 cm³/mol. The van der Waals surface area contributed by atoms with E-state index in [2.05, 4.69) is 33.0 Å². The monoisotopic (exact) mass is 294 g/mol. The van der Waals surface area contributed by atoms with Gasteiger partial charge in [0.1, 0.15) is 0 Å². The zero-order valence-electron chi connectivity index (χ0n) is 13.9. The summed E-state index contributed by atoms with van der Waals surface area (Å²) >= 11 is 0. The molecule has 120 valence electrons. The molecule has 0 saturated carbocycles. The number of hydrogen-bond acceptors (Lipinski definition) is 2. The molecule has 0 bridgehead atoms. The van der Waals surface area contributed by atoms with Gasteiger partial charge in [-0.3, -0.25) is 9.59 Å². The Labute approximate surface area is 128 Å². The molecule has 3 atom stereocenters. The summed E-state index contributed by atoms with van der Waals surface area (Å²) in [5.41, 5.74) is 0.278. The minimum Gasteiger partial charge on any atom is -0.353 e. The molecular formula is C17H30N2O2. The van der Waals surface area contributed by atoms with E-state index in [1.165, 1.54) is 0 Å². The number of rotatable bonds is 3. The topological polar surface area (TPSA) is 49.4 Å². The average Bonchev–Trinajstić information content (AvgIpc) is 2.35. The summed E-state index contributed by atoms with van der Waals surface area (Å²) in [5, 5.41) is 3.07. The van der Waals surface area contributed by atoms with Crippen LogP contribution in [0.3, 0.4) is 0 Å². The molecule has 2 fully saturated rings. The molecule has 0 aromatic rings. The Morgan fingerprint density at radius 2 is 2.10 bits per heavy atom. The van der Waals surface area contributed by atoms with E-state index in [-0.39, 0.29) is 11.3 Å². The van der Waals surface area contributed by atoms with Gasteiger partial charge in [0.25, 0.3) is 0 Å². The molecule has 3 unspecified atom stereocenters. The minimum absolute atomic E-state index is 0.176. The molecule has 2 heterocycles. The SMILES string of the molecule is CC(CC(=O)N1CCC2NC(=O)CCC2C1)CC(C)(C)C. The molecule has 0 aromatic heterocycles.